The molecule has 0 aromatic carbocycles. The summed E-state index contributed by atoms with van der Waals surface area (Å²) in [5, 5.41) is 0. The van der Waals surface area contributed by atoms with E-state index in [1.165, 1.54) is 109 Å². The number of esters is 3. The molecular weight excluding hydrogens is 985 g/mol. The van der Waals surface area contributed by atoms with Gasteiger partial charge in [0.1, 0.15) is 13.2 Å². The van der Waals surface area contributed by atoms with E-state index in [4.69, 9.17) is 14.2 Å². The topological polar surface area (TPSA) is 78.9 Å². The van der Waals surface area contributed by atoms with Crippen molar-refractivity contribution in [3.63, 3.8) is 0 Å². The van der Waals surface area contributed by atoms with E-state index in [1.54, 1.807) is 0 Å². The van der Waals surface area contributed by atoms with Crippen LogP contribution in [-0.4, -0.2) is 37.2 Å². The lowest BCUT2D eigenvalue weighted by atomic mass is 10.0. The predicted octanol–water partition coefficient (Wildman–Crippen LogP) is 22.9. The van der Waals surface area contributed by atoms with Crippen LogP contribution in [0, 0.1) is 0 Å². The maximum Gasteiger partial charge on any atom is 0.306 e. The van der Waals surface area contributed by atoms with Gasteiger partial charge in [-0.3, -0.25) is 14.4 Å². The molecule has 0 aliphatic carbocycles. The Hall–Kier alpha value is -4.45. The van der Waals surface area contributed by atoms with Crippen molar-refractivity contribution in [3.8, 4) is 0 Å². The van der Waals surface area contributed by atoms with E-state index in [0.717, 1.165) is 148 Å². The number of ether oxygens (including phenoxy) is 3. The number of rotatable bonds is 59. The van der Waals surface area contributed by atoms with Gasteiger partial charge >= 0.3 is 17.9 Å². The van der Waals surface area contributed by atoms with E-state index < -0.39 is 6.10 Å². The first-order valence-electron chi connectivity index (χ1n) is 33.2. The minimum atomic E-state index is -0.800. The summed E-state index contributed by atoms with van der Waals surface area (Å²) in [5.41, 5.74) is 0. The number of carbonyl (C=O) groups is 3. The first kappa shape index (κ1) is 75.5. The molecule has 0 heterocycles. The molecular formula is C74H122O6. The third-order valence-corrected chi connectivity index (χ3v) is 13.9. The highest BCUT2D eigenvalue weighted by atomic mass is 16.6. The molecule has 80 heavy (non-hydrogen) atoms. The molecule has 0 saturated carbocycles. The summed E-state index contributed by atoms with van der Waals surface area (Å²) in [6, 6.07) is 0. The molecule has 0 aliphatic heterocycles. The highest BCUT2D eigenvalue weighted by Crippen LogP contribution is 2.16. The highest BCUT2D eigenvalue weighted by molar-refractivity contribution is 5.71. The smallest absolute Gasteiger partial charge is 0.306 e. The molecule has 1 unspecified atom stereocenters. The van der Waals surface area contributed by atoms with Crippen LogP contribution in [0.15, 0.2) is 134 Å². The van der Waals surface area contributed by atoms with Gasteiger partial charge in [0.05, 0.1) is 0 Å². The molecule has 0 aromatic rings. The standard InChI is InChI=1S/C74H122O6/c1-4-7-10-13-16-19-22-25-28-30-32-33-34-35-36-37-38-39-40-41-43-44-46-49-52-55-58-61-64-67-73(76)79-70-71(69-78-72(75)66-63-60-57-54-51-48-27-24-21-18-15-12-9-6-3)80-74(77)68-65-62-59-56-53-50-47-45-42-31-29-26-23-20-17-14-11-8-5-2/h7,10,16-17,19-20,25-26,28-29,32-33,35-36,38-39,41-43,45-46,49,71H,4-6,8-9,11-15,18,21-24,27,30-31,34,37,40,44,47-48,50-70H2,1-3H3/b10-7-,19-16-,20-17-,28-25-,29-26-,33-32-,36-35-,39-38-,43-41-,45-42-,49-46-. The molecule has 0 aliphatic rings. The van der Waals surface area contributed by atoms with E-state index in [2.05, 4.69) is 154 Å². The van der Waals surface area contributed by atoms with Crippen LogP contribution >= 0.6 is 0 Å². The summed E-state index contributed by atoms with van der Waals surface area (Å²) in [5.74, 6) is -0.926. The predicted molar refractivity (Wildman–Crippen MR) is 348 cm³/mol. The Morgan fingerprint density at radius 3 is 0.787 bits per heavy atom. The van der Waals surface area contributed by atoms with Crippen LogP contribution in [-0.2, 0) is 28.6 Å². The largest absolute Gasteiger partial charge is 0.462 e. The Labute approximate surface area is 494 Å². The number of carbonyl (C=O) groups excluding carboxylic acids is 3. The summed E-state index contributed by atoms with van der Waals surface area (Å²) in [4.78, 5) is 38.4. The fourth-order valence-electron chi connectivity index (χ4n) is 8.94. The second-order valence-corrected chi connectivity index (χ2v) is 21.6. The van der Waals surface area contributed by atoms with E-state index >= 15 is 0 Å². The molecule has 0 N–H and O–H groups in total. The van der Waals surface area contributed by atoms with Crippen molar-refractivity contribution in [2.75, 3.05) is 13.2 Å². The lowest BCUT2D eigenvalue weighted by Crippen LogP contribution is -2.30. The molecule has 6 heteroatoms. The molecule has 454 valence electrons. The van der Waals surface area contributed by atoms with Crippen molar-refractivity contribution >= 4 is 17.9 Å². The lowest BCUT2D eigenvalue weighted by molar-refractivity contribution is -0.167. The van der Waals surface area contributed by atoms with E-state index in [-0.39, 0.29) is 31.1 Å². The van der Waals surface area contributed by atoms with Crippen molar-refractivity contribution in [1.29, 1.82) is 0 Å². The van der Waals surface area contributed by atoms with Gasteiger partial charge in [0.25, 0.3) is 0 Å². The molecule has 0 amide bonds. The van der Waals surface area contributed by atoms with Crippen LogP contribution in [0.5, 0.6) is 0 Å². The Morgan fingerprint density at radius 2 is 0.487 bits per heavy atom. The van der Waals surface area contributed by atoms with E-state index in [0.29, 0.717) is 19.3 Å². The monoisotopic (exact) mass is 1110 g/mol. The third-order valence-electron chi connectivity index (χ3n) is 13.9. The van der Waals surface area contributed by atoms with Gasteiger partial charge in [-0.05, 0) is 122 Å². The third kappa shape index (κ3) is 64.4. The van der Waals surface area contributed by atoms with Gasteiger partial charge in [-0.2, -0.15) is 0 Å². The van der Waals surface area contributed by atoms with Gasteiger partial charge in [0.2, 0.25) is 0 Å². The van der Waals surface area contributed by atoms with Crippen LogP contribution in [0.4, 0.5) is 0 Å². The van der Waals surface area contributed by atoms with Gasteiger partial charge in [-0.25, -0.2) is 0 Å². The van der Waals surface area contributed by atoms with Crippen LogP contribution in [0.2, 0.25) is 0 Å². The molecule has 0 rings (SSSR count). The Kier molecular flexibility index (Phi) is 63.3. The van der Waals surface area contributed by atoms with Crippen LogP contribution in [0.3, 0.4) is 0 Å². The average Bonchev–Trinajstić information content (AvgIpc) is 3.46. The summed E-state index contributed by atoms with van der Waals surface area (Å²) in [7, 11) is 0. The van der Waals surface area contributed by atoms with Crippen molar-refractivity contribution in [2.45, 2.75) is 303 Å². The number of allylic oxidation sites excluding steroid dienone is 22. The van der Waals surface area contributed by atoms with Crippen molar-refractivity contribution in [1.82, 2.24) is 0 Å². The first-order chi connectivity index (χ1) is 39.5. The van der Waals surface area contributed by atoms with E-state index in [9.17, 15) is 14.4 Å². The SMILES string of the molecule is CC/C=C\C/C=C\C/C=C\C/C=C\C/C=C\C/C=C\C/C=C\C/C=C\CCCCCCC(=O)OCC(COC(=O)CCCCCCCCCCCCCCCC)OC(=O)CCCCCCCC/C=C\C/C=C\C/C=C\CCCCC. The molecule has 0 radical (unpaired) electrons. The fraction of sp³-hybridized carbons (Fsp3) is 0.662. The van der Waals surface area contributed by atoms with Crippen molar-refractivity contribution in [2.24, 2.45) is 0 Å². The quantitative estimate of drug-likeness (QED) is 0.0261. The summed E-state index contributed by atoms with van der Waals surface area (Å²) in [6.07, 6.45) is 94.5. The Morgan fingerprint density at radius 1 is 0.263 bits per heavy atom. The maximum atomic E-state index is 12.9. The summed E-state index contributed by atoms with van der Waals surface area (Å²) < 4.78 is 16.9. The van der Waals surface area contributed by atoms with E-state index in [1.807, 2.05) is 0 Å². The minimum Gasteiger partial charge on any atom is -0.462 e. The Balaban J connectivity index is 4.42. The molecule has 0 aromatic heterocycles. The number of unbranched alkanes of at least 4 members (excludes halogenated alkanes) is 26. The summed E-state index contributed by atoms with van der Waals surface area (Å²) >= 11 is 0. The van der Waals surface area contributed by atoms with Crippen molar-refractivity contribution in [3.05, 3.63) is 134 Å². The molecule has 6 nitrogen and oxygen atoms in total. The van der Waals surface area contributed by atoms with Crippen LogP contribution in [0.25, 0.3) is 0 Å². The minimum absolute atomic E-state index is 0.0927. The zero-order valence-electron chi connectivity index (χ0n) is 52.0. The Bertz CT molecular complexity index is 1700. The van der Waals surface area contributed by atoms with Gasteiger partial charge in [-0.15, -0.1) is 0 Å². The zero-order valence-corrected chi connectivity index (χ0v) is 52.0. The number of hydrogen-bond acceptors (Lipinski definition) is 6. The zero-order chi connectivity index (χ0) is 57.8. The highest BCUT2D eigenvalue weighted by Gasteiger charge is 2.19. The van der Waals surface area contributed by atoms with Gasteiger partial charge < -0.3 is 14.2 Å². The molecule has 0 saturated heterocycles. The molecule has 1 atom stereocenters. The molecule has 0 bridgehead atoms. The lowest BCUT2D eigenvalue weighted by Gasteiger charge is -2.18. The van der Waals surface area contributed by atoms with Crippen molar-refractivity contribution < 1.29 is 28.6 Å². The van der Waals surface area contributed by atoms with Crippen LogP contribution < -0.4 is 0 Å². The first-order valence-corrected chi connectivity index (χ1v) is 33.2. The molecule has 0 spiro atoms. The van der Waals surface area contributed by atoms with Gasteiger partial charge in [-0.1, -0.05) is 289 Å². The second-order valence-electron chi connectivity index (χ2n) is 21.6. The normalized spacial score (nSPS) is 13.0. The van der Waals surface area contributed by atoms with Crippen LogP contribution in [0.1, 0.15) is 297 Å². The fourth-order valence-corrected chi connectivity index (χ4v) is 8.94. The maximum absolute atomic E-state index is 12.9. The molecule has 0 fully saturated rings. The van der Waals surface area contributed by atoms with Gasteiger partial charge in [0, 0.05) is 19.3 Å². The average molecular weight is 1110 g/mol. The second kappa shape index (κ2) is 67.1. The van der Waals surface area contributed by atoms with Gasteiger partial charge in [0.15, 0.2) is 6.10 Å². The summed E-state index contributed by atoms with van der Waals surface area (Å²) in [6.45, 7) is 6.48. The number of hydrogen-bond donors (Lipinski definition) is 0.